The molecular weight excluding hydrogens is 262 g/mol. The Morgan fingerprint density at radius 3 is 3.07 bits per heavy atom. The Morgan fingerprint density at radius 1 is 1.67 bits per heavy atom. The van der Waals surface area contributed by atoms with Gasteiger partial charge in [-0.25, -0.2) is 9.78 Å². The highest BCUT2D eigenvalue weighted by molar-refractivity contribution is 9.10. The van der Waals surface area contributed by atoms with Crippen molar-refractivity contribution in [3.05, 3.63) is 22.4 Å². The Hall–Kier alpha value is -1.54. The zero-order valence-corrected chi connectivity index (χ0v) is 9.54. The van der Waals surface area contributed by atoms with Crippen LogP contribution in [0.5, 0.6) is 5.75 Å². The van der Waals surface area contributed by atoms with E-state index in [1.165, 1.54) is 6.07 Å². The van der Waals surface area contributed by atoms with E-state index in [1.54, 1.807) is 13.0 Å². The highest BCUT2D eigenvalue weighted by Gasteiger charge is 2.00. The Bertz CT molecular complexity index is 434. The molecule has 1 N–H and O–H groups in total. The summed E-state index contributed by atoms with van der Waals surface area (Å²) in [6, 6.07) is 3.01. The number of aromatic nitrogens is 1. The maximum atomic E-state index is 10.9. The van der Waals surface area contributed by atoms with E-state index in [0.29, 0.717) is 4.60 Å². The van der Waals surface area contributed by atoms with Gasteiger partial charge < -0.3 is 9.84 Å². The van der Waals surface area contributed by atoms with Gasteiger partial charge in [-0.3, -0.25) is 0 Å². The smallest absolute Gasteiger partial charge is 0.384 e. The van der Waals surface area contributed by atoms with Gasteiger partial charge in [0.25, 0.3) is 0 Å². The summed E-state index contributed by atoms with van der Waals surface area (Å²) in [4.78, 5) is 14.8. The predicted molar refractivity (Wildman–Crippen MR) is 57.1 cm³/mol. The molecule has 1 rings (SSSR count). The van der Waals surface area contributed by atoms with E-state index in [-0.39, 0.29) is 18.1 Å². The van der Waals surface area contributed by atoms with Crippen molar-refractivity contribution in [3.8, 4) is 17.6 Å². The largest absolute Gasteiger partial charge is 0.505 e. The van der Waals surface area contributed by atoms with Gasteiger partial charge in [-0.15, -0.1) is 0 Å². The predicted octanol–water partition coefficient (Wildman–Crippen LogP) is 1.46. The molecule has 15 heavy (non-hydrogen) atoms. The molecule has 1 aromatic heterocycles. The van der Waals surface area contributed by atoms with Crippen molar-refractivity contribution < 1.29 is 14.6 Å². The second-order valence-electron chi connectivity index (χ2n) is 2.47. The number of carbonyl (C=O) groups excluding carboxylic acids is 1. The molecule has 0 fully saturated rings. The number of carbonyl (C=O) groups is 1. The molecule has 5 heteroatoms. The first-order chi connectivity index (χ1) is 7.13. The van der Waals surface area contributed by atoms with Crippen LogP contribution >= 0.6 is 15.9 Å². The number of ether oxygens (including phenoxy) is 1. The van der Waals surface area contributed by atoms with Gasteiger partial charge in [-0.1, -0.05) is 0 Å². The molecule has 0 aromatic carbocycles. The number of aromatic hydroxyl groups is 1. The van der Waals surface area contributed by atoms with E-state index in [0.717, 1.165) is 0 Å². The van der Waals surface area contributed by atoms with Crippen LogP contribution in [-0.4, -0.2) is 22.7 Å². The first kappa shape index (κ1) is 11.5. The van der Waals surface area contributed by atoms with Crippen LogP contribution in [-0.2, 0) is 9.53 Å². The second kappa shape index (κ2) is 5.37. The molecule has 0 bridgehead atoms. The van der Waals surface area contributed by atoms with Crippen molar-refractivity contribution in [2.75, 3.05) is 6.61 Å². The number of esters is 1. The molecule has 0 amide bonds. The molecule has 0 atom stereocenters. The third kappa shape index (κ3) is 3.60. The van der Waals surface area contributed by atoms with Crippen molar-refractivity contribution in [2.24, 2.45) is 0 Å². The van der Waals surface area contributed by atoms with Crippen molar-refractivity contribution in [1.82, 2.24) is 4.98 Å². The number of nitrogens with zero attached hydrogens (tertiary/aromatic N) is 1. The van der Waals surface area contributed by atoms with E-state index >= 15 is 0 Å². The summed E-state index contributed by atoms with van der Waals surface area (Å²) in [7, 11) is 0. The van der Waals surface area contributed by atoms with E-state index < -0.39 is 5.97 Å². The molecule has 1 aromatic rings. The molecule has 78 valence electrons. The van der Waals surface area contributed by atoms with Crippen molar-refractivity contribution in [2.45, 2.75) is 6.92 Å². The molecule has 0 aliphatic carbocycles. The van der Waals surface area contributed by atoms with Gasteiger partial charge in [0, 0.05) is 5.92 Å². The zero-order chi connectivity index (χ0) is 11.3. The molecule has 0 saturated heterocycles. The van der Waals surface area contributed by atoms with E-state index in [1.807, 2.05) is 0 Å². The van der Waals surface area contributed by atoms with Crippen LogP contribution in [0.2, 0.25) is 0 Å². The van der Waals surface area contributed by atoms with Crippen molar-refractivity contribution >= 4 is 21.9 Å². The normalized spacial score (nSPS) is 8.93. The minimum Gasteiger partial charge on any atom is -0.505 e. The van der Waals surface area contributed by atoms with Gasteiger partial charge in [0.15, 0.2) is 5.69 Å². The Kier molecular flexibility index (Phi) is 4.13. The maximum absolute atomic E-state index is 10.9. The summed E-state index contributed by atoms with van der Waals surface area (Å²) in [6.45, 7) is 1.96. The Labute approximate surface area is 95.4 Å². The van der Waals surface area contributed by atoms with Crippen LogP contribution in [0.3, 0.4) is 0 Å². The summed E-state index contributed by atoms with van der Waals surface area (Å²) in [5.74, 6) is 3.92. The summed E-state index contributed by atoms with van der Waals surface area (Å²) >= 11 is 3.13. The van der Waals surface area contributed by atoms with Crippen LogP contribution in [0, 0.1) is 11.8 Å². The fourth-order valence-electron chi connectivity index (χ4n) is 0.797. The molecular formula is C10H8BrNO3. The first-order valence-corrected chi connectivity index (χ1v) is 4.97. The molecule has 0 spiro atoms. The molecule has 0 aliphatic heterocycles. The third-order valence-electron chi connectivity index (χ3n) is 1.40. The number of pyridine rings is 1. The number of halogens is 1. The minimum absolute atomic E-state index is 0.0741. The lowest BCUT2D eigenvalue weighted by molar-refractivity contribution is -0.136. The molecule has 0 aliphatic rings. The monoisotopic (exact) mass is 269 g/mol. The number of rotatable bonds is 1. The average Bonchev–Trinajstić information content (AvgIpc) is 2.20. The zero-order valence-electron chi connectivity index (χ0n) is 7.95. The Balaban J connectivity index is 2.88. The fraction of sp³-hybridized carbons (Fsp3) is 0.200. The van der Waals surface area contributed by atoms with Gasteiger partial charge in [0.05, 0.1) is 6.61 Å². The topological polar surface area (TPSA) is 59.4 Å². The summed E-state index contributed by atoms with van der Waals surface area (Å²) in [5, 5.41) is 9.34. The van der Waals surface area contributed by atoms with Crippen LogP contribution < -0.4 is 0 Å². The standard InChI is InChI=1S/C10H8BrNO3/c1-2-15-10(14)6-3-7-8(13)4-5-9(11)12-7/h4-5,13H,2H2,1H3. The molecule has 0 unspecified atom stereocenters. The summed E-state index contributed by atoms with van der Waals surface area (Å²) < 4.78 is 5.14. The molecule has 0 radical (unpaired) electrons. The molecule has 4 nitrogen and oxygen atoms in total. The van der Waals surface area contributed by atoms with Crippen LogP contribution in [0.25, 0.3) is 0 Å². The highest BCUT2D eigenvalue weighted by Crippen LogP contribution is 2.16. The van der Waals surface area contributed by atoms with Crippen LogP contribution in [0.1, 0.15) is 12.6 Å². The van der Waals surface area contributed by atoms with Gasteiger partial charge in [-0.2, -0.15) is 0 Å². The lowest BCUT2D eigenvalue weighted by Crippen LogP contribution is -1.99. The highest BCUT2D eigenvalue weighted by atomic mass is 79.9. The number of hydrogen-bond acceptors (Lipinski definition) is 4. The van der Waals surface area contributed by atoms with E-state index in [4.69, 9.17) is 0 Å². The van der Waals surface area contributed by atoms with E-state index in [9.17, 15) is 9.90 Å². The van der Waals surface area contributed by atoms with Gasteiger partial charge in [0.2, 0.25) is 0 Å². The minimum atomic E-state index is -0.640. The van der Waals surface area contributed by atoms with Gasteiger partial charge in [-0.05, 0) is 40.9 Å². The Morgan fingerprint density at radius 2 is 2.40 bits per heavy atom. The third-order valence-corrected chi connectivity index (χ3v) is 1.84. The SMILES string of the molecule is CCOC(=O)C#Cc1nc(Br)ccc1O. The van der Waals surface area contributed by atoms with Crippen molar-refractivity contribution in [3.63, 3.8) is 0 Å². The lowest BCUT2D eigenvalue weighted by Gasteiger charge is -1.95. The molecule has 1 heterocycles. The first-order valence-electron chi connectivity index (χ1n) is 4.17. The van der Waals surface area contributed by atoms with E-state index in [2.05, 4.69) is 37.5 Å². The maximum Gasteiger partial charge on any atom is 0.384 e. The second-order valence-corrected chi connectivity index (χ2v) is 3.28. The summed E-state index contributed by atoms with van der Waals surface area (Å²) in [5.41, 5.74) is 0.137. The van der Waals surface area contributed by atoms with Crippen LogP contribution in [0.4, 0.5) is 0 Å². The molecule has 0 saturated carbocycles. The lowest BCUT2D eigenvalue weighted by atomic mass is 10.3. The van der Waals surface area contributed by atoms with Gasteiger partial charge >= 0.3 is 5.97 Å². The van der Waals surface area contributed by atoms with Gasteiger partial charge in [0.1, 0.15) is 10.4 Å². The number of hydrogen-bond donors (Lipinski definition) is 1. The summed E-state index contributed by atoms with van der Waals surface area (Å²) in [6.07, 6.45) is 0. The average molecular weight is 270 g/mol. The van der Waals surface area contributed by atoms with Crippen LogP contribution in [0.15, 0.2) is 16.7 Å². The fourth-order valence-corrected chi connectivity index (χ4v) is 1.11. The quantitative estimate of drug-likeness (QED) is 0.477. The van der Waals surface area contributed by atoms with Crippen molar-refractivity contribution in [1.29, 1.82) is 0 Å².